The van der Waals surface area contributed by atoms with Crippen LogP contribution in [0.25, 0.3) is 0 Å². The van der Waals surface area contributed by atoms with Crippen LogP contribution in [0.4, 0.5) is 0 Å². The second kappa shape index (κ2) is 13.3. The molecule has 0 heterocycles. The van der Waals surface area contributed by atoms with Crippen LogP contribution in [0.2, 0.25) is 0 Å². The Labute approximate surface area is 169 Å². The van der Waals surface area contributed by atoms with E-state index in [0.717, 1.165) is 24.8 Å². The first kappa shape index (κ1) is 24.2. The lowest BCUT2D eigenvalue weighted by atomic mass is 9.98. The van der Waals surface area contributed by atoms with Gasteiger partial charge in [0.05, 0.1) is 12.0 Å². The van der Waals surface area contributed by atoms with Crippen LogP contribution in [0.15, 0.2) is 30.3 Å². The third-order valence-corrected chi connectivity index (χ3v) is 4.86. The van der Waals surface area contributed by atoms with Crippen molar-refractivity contribution in [3.05, 3.63) is 35.9 Å². The van der Waals surface area contributed by atoms with Gasteiger partial charge in [-0.3, -0.25) is 4.79 Å². The van der Waals surface area contributed by atoms with E-state index in [9.17, 15) is 14.7 Å². The number of carbonyl (C=O) groups is 2. The molecule has 0 unspecified atom stereocenters. The number of hydrogen-bond donors (Lipinski definition) is 1. The van der Waals surface area contributed by atoms with Crippen molar-refractivity contribution in [2.45, 2.75) is 85.0 Å². The van der Waals surface area contributed by atoms with Gasteiger partial charge in [0.25, 0.3) is 0 Å². The Balaban J connectivity index is 2.49. The summed E-state index contributed by atoms with van der Waals surface area (Å²) in [6.45, 7) is 7.54. The van der Waals surface area contributed by atoms with Crippen LogP contribution in [0.1, 0.15) is 71.8 Å². The van der Waals surface area contributed by atoms with E-state index < -0.39 is 30.1 Å². The van der Waals surface area contributed by atoms with E-state index in [0.29, 0.717) is 6.42 Å². The quantitative estimate of drug-likeness (QED) is 0.391. The highest BCUT2D eigenvalue weighted by atomic mass is 16.6. The lowest BCUT2D eigenvalue weighted by molar-refractivity contribution is -0.176. The highest BCUT2D eigenvalue weighted by Crippen LogP contribution is 2.18. The van der Waals surface area contributed by atoms with E-state index >= 15 is 0 Å². The van der Waals surface area contributed by atoms with Crippen LogP contribution >= 0.6 is 0 Å². The molecule has 0 saturated carbocycles. The summed E-state index contributed by atoms with van der Waals surface area (Å²) in [4.78, 5) is 24.8. The third kappa shape index (κ3) is 8.87. The van der Waals surface area contributed by atoms with Crippen LogP contribution in [0.5, 0.6) is 0 Å². The van der Waals surface area contributed by atoms with Crippen LogP contribution in [-0.4, -0.2) is 29.3 Å². The molecule has 158 valence electrons. The topological polar surface area (TPSA) is 72.8 Å². The summed E-state index contributed by atoms with van der Waals surface area (Å²) >= 11 is 0. The summed E-state index contributed by atoms with van der Waals surface area (Å²) in [6.07, 6.45) is 4.25. The van der Waals surface area contributed by atoms with Gasteiger partial charge < -0.3 is 14.6 Å². The van der Waals surface area contributed by atoms with Gasteiger partial charge in [0.15, 0.2) is 0 Å². The molecule has 0 spiro atoms. The molecule has 5 nitrogen and oxygen atoms in total. The fraction of sp³-hybridized carbons (Fsp3) is 0.652. The molecule has 0 bridgehead atoms. The zero-order valence-corrected chi connectivity index (χ0v) is 17.7. The van der Waals surface area contributed by atoms with E-state index in [-0.39, 0.29) is 12.5 Å². The maximum Gasteiger partial charge on any atom is 0.348 e. The standard InChI is InChI=1S/C23H36O5/c1-5-6-7-8-12-15-20(24)18(4)22(25)28-21(17(2)3)23(26)27-16-19-13-10-9-11-14-19/h9-11,13-14,17-18,20-21,24H,5-8,12,15-16H2,1-4H3/t18-,20+,21-/m0/s1. The number of benzene rings is 1. The summed E-state index contributed by atoms with van der Waals surface area (Å²) < 4.78 is 10.7. The average molecular weight is 393 g/mol. The second-order valence-electron chi connectivity index (χ2n) is 7.75. The van der Waals surface area contributed by atoms with E-state index in [1.165, 1.54) is 12.8 Å². The van der Waals surface area contributed by atoms with Gasteiger partial charge in [-0.05, 0) is 18.9 Å². The molecule has 0 aromatic heterocycles. The Hall–Kier alpha value is -1.88. The van der Waals surface area contributed by atoms with Crippen molar-refractivity contribution in [2.24, 2.45) is 11.8 Å². The number of carbonyl (C=O) groups excluding carboxylic acids is 2. The first-order chi connectivity index (χ1) is 13.4. The average Bonchev–Trinajstić information content (AvgIpc) is 2.69. The summed E-state index contributed by atoms with van der Waals surface area (Å²) in [5.74, 6) is -2.01. The molecule has 1 aromatic carbocycles. The number of hydrogen-bond acceptors (Lipinski definition) is 5. The van der Waals surface area contributed by atoms with Gasteiger partial charge in [0, 0.05) is 5.92 Å². The Kier molecular flexibility index (Phi) is 11.5. The highest BCUT2D eigenvalue weighted by Gasteiger charge is 2.32. The summed E-state index contributed by atoms with van der Waals surface area (Å²) in [5.41, 5.74) is 0.872. The maximum atomic E-state index is 12.4. The predicted octanol–water partition coefficient (Wildman–Crippen LogP) is 4.66. The molecule has 1 rings (SSSR count). The molecule has 0 fully saturated rings. The van der Waals surface area contributed by atoms with Crippen LogP contribution < -0.4 is 0 Å². The molecule has 0 amide bonds. The van der Waals surface area contributed by atoms with Crippen LogP contribution in [0.3, 0.4) is 0 Å². The van der Waals surface area contributed by atoms with Gasteiger partial charge >= 0.3 is 11.9 Å². The molecule has 0 aliphatic rings. The van der Waals surface area contributed by atoms with Crippen molar-refractivity contribution in [2.75, 3.05) is 0 Å². The molecule has 3 atom stereocenters. The van der Waals surface area contributed by atoms with Crippen molar-refractivity contribution in [1.29, 1.82) is 0 Å². The van der Waals surface area contributed by atoms with Gasteiger partial charge in [-0.25, -0.2) is 4.79 Å². The van der Waals surface area contributed by atoms with E-state index in [4.69, 9.17) is 9.47 Å². The Bertz CT molecular complexity index is 570. The number of unbranched alkanes of at least 4 members (excludes halogenated alkanes) is 4. The summed E-state index contributed by atoms with van der Waals surface area (Å²) in [5, 5.41) is 10.3. The van der Waals surface area contributed by atoms with Crippen molar-refractivity contribution >= 4 is 11.9 Å². The minimum absolute atomic E-state index is 0.135. The smallest absolute Gasteiger partial charge is 0.348 e. The molecule has 5 heteroatoms. The Morgan fingerprint density at radius 1 is 0.964 bits per heavy atom. The molecule has 0 aliphatic heterocycles. The second-order valence-corrected chi connectivity index (χ2v) is 7.75. The van der Waals surface area contributed by atoms with Crippen LogP contribution in [0, 0.1) is 11.8 Å². The normalized spacial score (nSPS) is 14.4. The Morgan fingerprint density at radius 3 is 2.21 bits per heavy atom. The number of rotatable bonds is 13. The zero-order valence-electron chi connectivity index (χ0n) is 17.7. The van der Waals surface area contributed by atoms with Gasteiger partial charge in [-0.15, -0.1) is 0 Å². The van der Waals surface area contributed by atoms with Gasteiger partial charge in [-0.2, -0.15) is 0 Å². The zero-order chi connectivity index (χ0) is 20.9. The van der Waals surface area contributed by atoms with Crippen molar-refractivity contribution in [1.82, 2.24) is 0 Å². The third-order valence-electron chi connectivity index (χ3n) is 4.86. The SMILES string of the molecule is CCCCCCC[C@@H](O)[C@H](C)C(=O)O[C@H](C(=O)OCc1ccccc1)C(C)C. The van der Waals surface area contributed by atoms with Gasteiger partial charge in [-0.1, -0.05) is 83.2 Å². The molecule has 0 saturated heterocycles. The number of aliphatic hydroxyl groups is 1. The van der Waals surface area contributed by atoms with Crippen LogP contribution in [-0.2, 0) is 25.7 Å². The summed E-state index contributed by atoms with van der Waals surface area (Å²) in [7, 11) is 0. The molecule has 0 aliphatic carbocycles. The molecular formula is C23H36O5. The molecule has 1 aromatic rings. The number of aliphatic hydroxyl groups excluding tert-OH is 1. The first-order valence-corrected chi connectivity index (χ1v) is 10.5. The summed E-state index contributed by atoms with van der Waals surface area (Å²) in [6, 6.07) is 9.36. The minimum atomic E-state index is -0.976. The van der Waals surface area contributed by atoms with E-state index in [2.05, 4.69) is 6.92 Å². The highest BCUT2D eigenvalue weighted by molar-refractivity contribution is 5.80. The first-order valence-electron chi connectivity index (χ1n) is 10.5. The Morgan fingerprint density at radius 2 is 1.61 bits per heavy atom. The van der Waals surface area contributed by atoms with Crippen molar-refractivity contribution in [3.63, 3.8) is 0 Å². The predicted molar refractivity (Wildman–Crippen MR) is 110 cm³/mol. The molecular weight excluding hydrogens is 356 g/mol. The monoisotopic (exact) mass is 392 g/mol. The van der Waals surface area contributed by atoms with E-state index in [1.54, 1.807) is 20.8 Å². The lowest BCUT2D eigenvalue weighted by Crippen LogP contribution is -2.37. The van der Waals surface area contributed by atoms with E-state index in [1.807, 2.05) is 30.3 Å². The lowest BCUT2D eigenvalue weighted by Gasteiger charge is -2.24. The minimum Gasteiger partial charge on any atom is -0.458 e. The fourth-order valence-electron chi connectivity index (χ4n) is 2.86. The van der Waals surface area contributed by atoms with Crippen molar-refractivity contribution in [3.8, 4) is 0 Å². The van der Waals surface area contributed by atoms with Gasteiger partial charge in [0.2, 0.25) is 6.10 Å². The van der Waals surface area contributed by atoms with Crippen molar-refractivity contribution < 1.29 is 24.2 Å². The molecule has 0 radical (unpaired) electrons. The number of ether oxygens (including phenoxy) is 2. The number of esters is 2. The van der Waals surface area contributed by atoms with Gasteiger partial charge in [0.1, 0.15) is 6.61 Å². The maximum absolute atomic E-state index is 12.4. The fourth-order valence-corrected chi connectivity index (χ4v) is 2.86. The molecule has 1 N–H and O–H groups in total. The molecule has 28 heavy (non-hydrogen) atoms. The largest absolute Gasteiger partial charge is 0.458 e.